The van der Waals surface area contributed by atoms with E-state index in [1.807, 2.05) is 29.2 Å². The number of piperidine rings is 1. The summed E-state index contributed by atoms with van der Waals surface area (Å²) < 4.78 is 4.94. The number of hydrogen-bond acceptors (Lipinski definition) is 5. The molecule has 2 heterocycles. The van der Waals surface area contributed by atoms with Crippen molar-refractivity contribution in [2.45, 2.75) is 37.5 Å². The molecule has 1 aromatic carbocycles. The van der Waals surface area contributed by atoms with Gasteiger partial charge in [0.05, 0.1) is 13.5 Å². The number of carbonyl (C=O) groups excluding carboxylic acids is 2. The Balaban J connectivity index is 1.34. The summed E-state index contributed by atoms with van der Waals surface area (Å²) in [5, 5.41) is 3.26. The lowest BCUT2D eigenvalue weighted by Gasteiger charge is -2.37. The Bertz CT molecular complexity index is 886. The van der Waals surface area contributed by atoms with Crippen LogP contribution in [0, 0.1) is 5.92 Å². The number of amides is 1. The Hall–Kier alpha value is -2.89. The fourth-order valence-corrected chi connectivity index (χ4v) is 5.03. The largest absolute Gasteiger partial charge is 0.469 e. The molecule has 1 N–H and O–H groups in total. The van der Waals surface area contributed by atoms with Crippen molar-refractivity contribution >= 4 is 17.7 Å². The summed E-state index contributed by atoms with van der Waals surface area (Å²) in [5.74, 6) is 1.79. The van der Waals surface area contributed by atoms with E-state index in [1.54, 1.807) is 6.20 Å². The minimum absolute atomic E-state index is 0.158. The molecule has 0 unspecified atom stereocenters. The maximum atomic E-state index is 12.8. The van der Waals surface area contributed by atoms with Gasteiger partial charge in [-0.2, -0.15) is 0 Å². The second-order valence-corrected chi connectivity index (χ2v) is 8.16. The van der Waals surface area contributed by atoms with Crippen molar-refractivity contribution in [3.05, 3.63) is 59.8 Å². The first-order valence-electron chi connectivity index (χ1n) is 10.8. The quantitative estimate of drug-likeness (QED) is 0.561. The van der Waals surface area contributed by atoms with Gasteiger partial charge in [0.25, 0.3) is 0 Å². The van der Waals surface area contributed by atoms with Crippen LogP contribution < -0.4 is 5.32 Å². The van der Waals surface area contributed by atoms with E-state index in [1.165, 1.54) is 18.2 Å². The molecule has 6 nitrogen and oxygen atoms in total. The molecule has 1 fully saturated rings. The average Bonchev–Trinajstić information content (AvgIpc) is 3.10. The summed E-state index contributed by atoms with van der Waals surface area (Å²) >= 11 is 0. The van der Waals surface area contributed by atoms with Crippen molar-refractivity contribution in [1.82, 2.24) is 9.88 Å². The maximum Gasteiger partial charge on any atom is 0.306 e. The SMILES string of the molecule is COC(=O)C[C@@H]1c2ccccc2[C@@H]2CN(C(=O)CCCNc3ccccn3)CC[C@H]12. The highest BCUT2D eigenvalue weighted by molar-refractivity contribution is 5.76. The zero-order chi connectivity index (χ0) is 20.9. The van der Waals surface area contributed by atoms with E-state index in [-0.39, 0.29) is 17.8 Å². The van der Waals surface area contributed by atoms with Crippen LogP contribution in [0.1, 0.15) is 48.6 Å². The van der Waals surface area contributed by atoms with Gasteiger partial charge in [0.1, 0.15) is 5.82 Å². The number of ether oxygens (including phenoxy) is 1. The van der Waals surface area contributed by atoms with Gasteiger partial charge in [-0.05, 0) is 47.9 Å². The molecule has 1 aliphatic carbocycles. The monoisotopic (exact) mass is 407 g/mol. The lowest BCUT2D eigenvalue weighted by atomic mass is 9.80. The van der Waals surface area contributed by atoms with Crippen LogP contribution in [0.15, 0.2) is 48.7 Å². The summed E-state index contributed by atoms with van der Waals surface area (Å²) in [4.78, 5) is 31.1. The van der Waals surface area contributed by atoms with E-state index >= 15 is 0 Å². The first kappa shape index (κ1) is 20.4. The van der Waals surface area contributed by atoms with Crippen LogP contribution in [0.2, 0.25) is 0 Å². The summed E-state index contributed by atoms with van der Waals surface area (Å²) in [7, 11) is 1.45. The van der Waals surface area contributed by atoms with Crippen molar-refractivity contribution in [2.75, 3.05) is 32.1 Å². The fourth-order valence-electron chi connectivity index (χ4n) is 5.03. The van der Waals surface area contributed by atoms with Gasteiger partial charge in [0.15, 0.2) is 0 Å². The van der Waals surface area contributed by atoms with Gasteiger partial charge in [-0.3, -0.25) is 9.59 Å². The molecule has 1 aliphatic heterocycles. The normalized spacial score (nSPS) is 22.2. The Morgan fingerprint density at radius 1 is 1.17 bits per heavy atom. The van der Waals surface area contributed by atoms with E-state index < -0.39 is 0 Å². The number of esters is 1. The van der Waals surface area contributed by atoms with Gasteiger partial charge in [0.2, 0.25) is 5.91 Å². The minimum atomic E-state index is -0.158. The number of likely N-dealkylation sites (tertiary alicyclic amines) is 1. The second kappa shape index (κ2) is 9.28. The Labute approximate surface area is 177 Å². The average molecular weight is 408 g/mol. The van der Waals surface area contributed by atoms with Crippen LogP contribution in [0.25, 0.3) is 0 Å². The van der Waals surface area contributed by atoms with Gasteiger partial charge in [-0.15, -0.1) is 0 Å². The number of pyridine rings is 1. The van der Waals surface area contributed by atoms with Gasteiger partial charge < -0.3 is 15.0 Å². The lowest BCUT2D eigenvalue weighted by molar-refractivity contribution is -0.142. The molecule has 2 aliphatic rings. The van der Waals surface area contributed by atoms with Crippen molar-refractivity contribution in [3.63, 3.8) is 0 Å². The predicted octanol–water partition coefficient (Wildman–Crippen LogP) is 3.57. The van der Waals surface area contributed by atoms with Crippen molar-refractivity contribution in [3.8, 4) is 0 Å². The molecular formula is C24H29N3O3. The zero-order valence-electron chi connectivity index (χ0n) is 17.4. The number of nitrogens with zero attached hydrogens (tertiary/aromatic N) is 2. The number of nitrogens with one attached hydrogen (secondary N) is 1. The molecule has 30 heavy (non-hydrogen) atoms. The summed E-state index contributed by atoms with van der Waals surface area (Å²) in [6.07, 6.45) is 4.41. The first-order valence-corrected chi connectivity index (χ1v) is 10.8. The van der Waals surface area contributed by atoms with Crippen LogP contribution in [0.4, 0.5) is 5.82 Å². The van der Waals surface area contributed by atoms with E-state index in [9.17, 15) is 9.59 Å². The molecule has 158 valence electrons. The smallest absolute Gasteiger partial charge is 0.306 e. The predicted molar refractivity (Wildman–Crippen MR) is 115 cm³/mol. The number of rotatable bonds is 7. The highest BCUT2D eigenvalue weighted by Crippen LogP contribution is 2.51. The van der Waals surface area contributed by atoms with E-state index in [2.05, 4.69) is 28.5 Å². The number of hydrogen-bond donors (Lipinski definition) is 1. The molecule has 1 amide bonds. The number of fused-ring (bicyclic) bond motifs is 3. The Morgan fingerprint density at radius 3 is 2.73 bits per heavy atom. The standard InChI is InChI=1S/C24H29N3O3/c1-30-24(29)15-20-17-7-2-3-8-18(17)21-16-27(14-11-19(20)21)23(28)10-6-13-26-22-9-4-5-12-25-22/h2-5,7-9,12,19-21H,6,10-11,13-16H2,1H3,(H,25,26)/t19-,20-,21+/m1/s1. The minimum Gasteiger partial charge on any atom is -0.469 e. The van der Waals surface area contributed by atoms with Crippen molar-refractivity contribution in [1.29, 1.82) is 0 Å². The third kappa shape index (κ3) is 4.32. The molecule has 4 rings (SSSR count). The van der Waals surface area contributed by atoms with E-state index in [4.69, 9.17) is 4.74 Å². The molecule has 6 heteroatoms. The zero-order valence-corrected chi connectivity index (χ0v) is 17.4. The number of methoxy groups -OCH3 is 1. The van der Waals surface area contributed by atoms with Crippen LogP contribution in [0.5, 0.6) is 0 Å². The molecule has 3 atom stereocenters. The van der Waals surface area contributed by atoms with Gasteiger partial charge in [-0.1, -0.05) is 30.3 Å². The van der Waals surface area contributed by atoms with Gasteiger partial charge >= 0.3 is 5.97 Å². The maximum absolute atomic E-state index is 12.8. The van der Waals surface area contributed by atoms with E-state index in [0.29, 0.717) is 24.7 Å². The number of aromatic nitrogens is 1. The summed E-state index contributed by atoms with van der Waals surface area (Å²) in [5.41, 5.74) is 2.55. The molecule has 1 aromatic heterocycles. The number of benzene rings is 1. The van der Waals surface area contributed by atoms with E-state index in [0.717, 1.165) is 38.3 Å². The molecular weight excluding hydrogens is 378 g/mol. The summed E-state index contributed by atoms with van der Waals surface area (Å²) in [6.45, 7) is 2.23. The first-order chi connectivity index (χ1) is 14.7. The highest BCUT2D eigenvalue weighted by atomic mass is 16.5. The highest BCUT2D eigenvalue weighted by Gasteiger charge is 2.44. The molecule has 0 bridgehead atoms. The van der Waals surface area contributed by atoms with Gasteiger partial charge in [-0.25, -0.2) is 4.98 Å². The fraction of sp³-hybridized carbons (Fsp3) is 0.458. The Kier molecular flexibility index (Phi) is 6.31. The number of carbonyl (C=O) groups is 2. The molecule has 2 aromatic rings. The third-order valence-electron chi connectivity index (χ3n) is 6.48. The van der Waals surface area contributed by atoms with Crippen molar-refractivity contribution < 1.29 is 14.3 Å². The lowest BCUT2D eigenvalue weighted by Crippen LogP contribution is -2.42. The molecule has 0 radical (unpaired) electrons. The Morgan fingerprint density at radius 2 is 1.97 bits per heavy atom. The molecule has 0 spiro atoms. The third-order valence-corrected chi connectivity index (χ3v) is 6.48. The van der Waals surface area contributed by atoms with Crippen molar-refractivity contribution in [2.24, 2.45) is 5.92 Å². The summed E-state index contributed by atoms with van der Waals surface area (Å²) in [6, 6.07) is 14.1. The van der Waals surface area contributed by atoms with Gasteiger partial charge in [0, 0.05) is 38.2 Å². The van der Waals surface area contributed by atoms with Crippen LogP contribution in [0.3, 0.4) is 0 Å². The second-order valence-electron chi connectivity index (χ2n) is 8.16. The topological polar surface area (TPSA) is 71.5 Å². The molecule has 1 saturated heterocycles. The number of anilines is 1. The molecule has 0 saturated carbocycles. The van der Waals surface area contributed by atoms with Crippen LogP contribution >= 0.6 is 0 Å². The van der Waals surface area contributed by atoms with Crippen LogP contribution in [-0.2, 0) is 14.3 Å². The van der Waals surface area contributed by atoms with Crippen LogP contribution in [-0.4, -0.2) is 48.5 Å².